The van der Waals surface area contributed by atoms with Crippen molar-refractivity contribution < 1.29 is 13.7 Å². The molecular weight excluding hydrogens is 262 g/mol. The molecule has 0 heterocycles. The van der Waals surface area contributed by atoms with E-state index in [-0.39, 0.29) is 11.4 Å². The zero-order valence-electron chi connectivity index (χ0n) is 12.1. The Hall–Kier alpha value is -1.36. The summed E-state index contributed by atoms with van der Waals surface area (Å²) < 4.78 is 20.9. The van der Waals surface area contributed by atoms with Gasteiger partial charge in [-0.3, -0.25) is 4.79 Å². The summed E-state index contributed by atoms with van der Waals surface area (Å²) in [5, 5.41) is 0. The zero-order chi connectivity index (χ0) is 14.7. The highest BCUT2D eigenvalue weighted by Gasteiger charge is 2.17. The predicted octanol–water partition coefficient (Wildman–Crippen LogP) is 3.39. The molecule has 0 radical (unpaired) electrons. The maximum absolute atomic E-state index is 11.7. The first-order valence-corrected chi connectivity index (χ1v) is 8.36. The molecule has 0 saturated heterocycles. The maximum Gasteiger partial charge on any atom is 0.311 e. The van der Waals surface area contributed by atoms with Crippen LogP contribution >= 0.6 is 0 Å². The molecule has 0 aliphatic carbocycles. The number of carbonyl (C=O) groups excluding carboxylic acids is 1. The van der Waals surface area contributed by atoms with Crippen molar-refractivity contribution in [1.29, 1.82) is 0 Å². The quantitative estimate of drug-likeness (QED) is 0.631. The van der Waals surface area contributed by atoms with Crippen molar-refractivity contribution in [2.75, 3.05) is 12.5 Å². The van der Waals surface area contributed by atoms with Gasteiger partial charge in [0.25, 0.3) is 0 Å². The van der Waals surface area contributed by atoms with Gasteiger partial charge in [-0.15, -0.1) is 0 Å². The minimum absolute atomic E-state index is 0.111. The highest BCUT2D eigenvalue weighted by atomic mass is 32.2. The van der Waals surface area contributed by atoms with Crippen LogP contribution in [0.4, 0.5) is 5.69 Å². The van der Waals surface area contributed by atoms with E-state index in [9.17, 15) is 9.00 Å². The SMILES string of the molecule is CC(C)(C)CC(=O)Oc1cccc(N=S(C)(C)=O)c1. The van der Waals surface area contributed by atoms with Crippen LogP contribution in [0.3, 0.4) is 0 Å². The topological polar surface area (TPSA) is 55.7 Å². The van der Waals surface area contributed by atoms with E-state index in [0.29, 0.717) is 17.9 Å². The van der Waals surface area contributed by atoms with Gasteiger partial charge in [-0.05, 0) is 17.5 Å². The summed E-state index contributed by atoms with van der Waals surface area (Å²) in [6.45, 7) is 5.93. The van der Waals surface area contributed by atoms with Gasteiger partial charge in [0.15, 0.2) is 0 Å². The van der Waals surface area contributed by atoms with E-state index in [1.807, 2.05) is 20.8 Å². The zero-order valence-corrected chi connectivity index (χ0v) is 12.9. The van der Waals surface area contributed by atoms with E-state index in [2.05, 4.69) is 4.36 Å². The third-order valence-corrected chi connectivity index (χ3v) is 2.70. The molecule has 0 aliphatic rings. The van der Waals surface area contributed by atoms with Gasteiger partial charge in [-0.25, -0.2) is 4.21 Å². The fourth-order valence-corrected chi connectivity index (χ4v) is 2.08. The van der Waals surface area contributed by atoms with Crippen LogP contribution in [0.15, 0.2) is 28.6 Å². The Kier molecular flexibility index (Phi) is 4.74. The Morgan fingerprint density at radius 3 is 2.47 bits per heavy atom. The van der Waals surface area contributed by atoms with Gasteiger partial charge in [-0.2, -0.15) is 4.36 Å². The second-order valence-electron chi connectivity index (χ2n) is 5.98. The summed E-state index contributed by atoms with van der Waals surface area (Å²) in [5.74, 6) is 0.150. The second-order valence-corrected chi connectivity index (χ2v) is 8.53. The van der Waals surface area contributed by atoms with Crippen molar-refractivity contribution in [1.82, 2.24) is 0 Å². The molecule has 0 saturated carbocycles. The predicted molar refractivity (Wildman–Crippen MR) is 78.2 cm³/mol. The molecule has 0 aromatic heterocycles. The third kappa shape index (κ3) is 6.96. The molecule has 0 fully saturated rings. The molecule has 106 valence electrons. The Morgan fingerprint density at radius 1 is 1.32 bits per heavy atom. The first-order valence-electron chi connectivity index (χ1n) is 6.03. The molecule has 1 aromatic rings. The molecule has 5 heteroatoms. The first-order chi connectivity index (χ1) is 8.55. The van der Waals surface area contributed by atoms with E-state index in [4.69, 9.17) is 4.74 Å². The minimum Gasteiger partial charge on any atom is -0.426 e. The average molecular weight is 283 g/mol. The smallest absolute Gasteiger partial charge is 0.311 e. The fourth-order valence-electron chi connectivity index (χ4n) is 1.46. The van der Waals surface area contributed by atoms with E-state index in [1.165, 1.54) is 0 Å². The van der Waals surface area contributed by atoms with Crippen LogP contribution < -0.4 is 4.74 Å². The van der Waals surface area contributed by atoms with E-state index >= 15 is 0 Å². The second kappa shape index (κ2) is 5.74. The number of esters is 1. The largest absolute Gasteiger partial charge is 0.426 e. The van der Waals surface area contributed by atoms with Gasteiger partial charge < -0.3 is 4.74 Å². The summed E-state index contributed by atoms with van der Waals surface area (Å²) >= 11 is 0. The summed E-state index contributed by atoms with van der Waals surface area (Å²) in [5.41, 5.74) is 0.441. The van der Waals surface area contributed by atoms with Crippen LogP contribution in [0.5, 0.6) is 5.75 Å². The normalized spacial score (nSPS) is 12.1. The van der Waals surface area contributed by atoms with Crippen molar-refractivity contribution >= 4 is 21.4 Å². The van der Waals surface area contributed by atoms with Crippen LogP contribution in [0.1, 0.15) is 27.2 Å². The number of carbonyl (C=O) groups is 1. The Labute approximate surface area is 115 Å². The molecule has 19 heavy (non-hydrogen) atoms. The van der Waals surface area contributed by atoms with Crippen LogP contribution in [0.2, 0.25) is 0 Å². The summed E-state index contributed by atoms with van der Waals surface area (Å²) in [4.78, 5) is 11.7. The number of rotatable bonds is 3. The van der Waals surface area contributed by atoms with Gasteiger partial charge >= 0.3 is 5.97 Å². The highest BCUT2D eigenvalue weighted by Crippen LogP contribution is 2.24. The van der Waals surface area contributed by atoms with Crippen molar-refractivity contribution in [3.8, 4) is 5.75 Å². The lowest BCUT2D eigenvalue weighted by Crippen LogP contribution is -2.17. The van der Waals surface area contributed by atoms with Gasteiger partial charge in [0.1, 0.15) is 5.75 Å². The van der Waals surface area contributed by atoms with E-state index in [1.54, 1.807) is 36.8 Å². The Morgan fingerprint density at radius 2 is 1.95 bits per heavy atom. The number of benzene rings is 1. The van der Waals surface area contributed by atoms with Gasteiger partial charge in [-0.1, -0.05) is 26.8 Å². The fraction of sp³-hybridized carbons (Fsp3) is 0.500. The Bertz CT molecular complexity index is 571. The number of ether oxygens (including phenoxy) is 1. The van der Waals surface area contributed by atoms with Crippen LogP contribution in [-0.2, 0) is 14.5 Å². The summed E-state index contributed by atoms with van der Waals surface area (Å²) in [6, 6.07) is 6.76. The summed E-state index contributed by atoms with van der Waals surface area (Å²) in [6.07, 6.45) is 3.46. The molecule has 0 amide bonds. The molecule has 0 unspecified atom stereocenters. The lowest BCUT2D eigenvalue weighted by molar-refractivity contribution is -0.136. The third-order valence-electron chi connectivity index (χ3n) is 2.05. The molecule has 0 bridgehead atoms. The highest BCUT2D eigenvalue weighted by molar-refractivity contribution is 7.92. The molecule has 0 atom stereocenters. The van der Waals surface area contributed by atoms with Gasteiger partial charge in [0.2, 0.25) is 0 Å². The van der Waals surface area contributed by atoms with Crippen LogP contribution in [0, 0.1) is 5.41 Å². The minimum atomic E-state index is -2.22. The van der Waals surface area contributed by atoms with E-state index < -0.39 is 9.73 Å². The molecule has 0 aliphatic heterocycles. The summed E-state index contributed by atoms with van der Waals surface area (Å²) in [7, 11) is -2.22. The molecule has 0 spiro atoms. The number of hydrogen-bond acceptors (Lipinski definition) is 4. The van der Waals surface area contributed by atoms with Crippen LogP contribution in [0.25, 0.3) is 0 Å². The van der Waals surface area contributed by atoms with Gasteiger partial charge in [0, 0.05) is 28.3 Å². The first kappa shape index (κ1) is 15.7. The standard InChI is InChI=1S/C14H21NO3S/c1-14(2,3)10-13(16)18-12-8-6-7-11(9-12)15-19(4,5)17/h6-9H,10H2,1-5H3. The number of hydrogen-bond donors (Lipinski definition) is 0. The molecular formula is C14H21NO3S. The Balaban J connectivity index is 2.84. The van der Waals surface area contributed by atoms with Crippen molar-refractivity contribution in [3.05, 3.63) is 24.3 Å². The van der Waals surface area contributed by atoms with E-state index in [0.717, 1.165) is 0 Å². The molecule has 1 aromatic carbocycles. The van der Waals surface area contributed by atoms with Gasteiger partial charge in [0.05, 0.1) is 12.1 Å². The lowest BCUT2D eigenvalue weighted by Gasteiger charge is -2.16. The van der Waals surface area contributed by atoms with Crippen LogP contribution in [-0.4, -0.2) is 22.7 Å². The number of nitrogens with zero attached hydrogens (tertiary/aromatic N) is 1. The van der Waals surface area contributed by atoms with Crippen molar-refractivity contribution in [2.24, 2.45) is 9.78 Å². The van der Waals surface area contributed by atoms with Crippen molar-refractivity contribution in [2.45, 2.75) is 27.2 Å². The molecule has 4 nitrogen and oxygen atoms in total. The molecule has 1 rings (SSSR count). The molecule has 0 N–H and O–H groups in total. The average Bonchev–Trinajstić information content (AvgIpc) is 2.11. The lowest BCUT2D eigenvalue weighted by atomic mass is 9.92. The van der Waals surface area contributed by atoms with Crippen molar-refractivity contribution in [3.63, 3.8) is 0 Å². The maximum atomic E-state index is 11.7. The monoisotopic (exact) mass is 283 g/mol.